The quantitative estimate of drug-likeness (QED) is 0.761. The number of hydrogen-bond acceptors (Lipinski definition) is 4. The van der Waals surface area contributed by atoms with Gasteiger partial charge < -0.3 is 0 Å². The average Bonchev–Trinajstić information content (AvgIpc) is 2.92. The summed E-state index contributed by atoms with van der Waals surface area (Å²) in [6.45, 7) is 1.86. The van der Waals surface area contributed by atoms with Crippen molar-refractivity contribution in [3.05, 3.63) is 24.3 Å². The first-order valence-electron chi connectivity index (χ1n) is 6.54. The monoisotopic (exact) mass is 254 g/mol. The van der Waals surface area contributed by atoms with E-state index in [2.05, 4.69) is 29.9 Å². The van der Waals surface area contributed by atoms with Crippen molar-refractivity contribution >= 4 is 11.0 Å². The molecule has 3 heterocycles. The van der Waals surface area contributed by atoms with Crippen LogP contribution in [0.25, 0.3) is 22.4 Å². The van der Waals surface area contributed by atoms with Gasteiger partial charge in [-0.3, -0.25) is 9.78 Å². The maximum Gasteiger partial charge on any atom is 0.184 e. The normalized spacial score (nSPS) is 15.8. The van der Waals surface area contributed by atoms with Gasteiger partial charge in [0.05, 0.1) is 17.1 Å². The Hall–Kier alpha value is -2.24. The summed E-state index contributed by atoms with van der Waals surface area (Å²) in [5, 5.41) is 12.8. The summed E-state index contributed by atoms with van der Waals surface area (Å²) in [5.41, 5.74) is 2.50. The first-order chi connectivity index (χ1) is 9.31. The maximum absolute atomic E-state index is 4.64. The lowest BCUT2D eigenvalue weighted by Crippen LogP contribution is -2.17. The third-order valence-electron chi connectivity index (χ3n) is 3.75. The van der Waals surface area contributed by atoms with Crippen LogP contribution in [-0.4, -0.2) is 29.9 Å². The van der Waals surface area contributed by atoms with E-state index >= 15 is 0 Å². The third-order valence-corrected chi connectivity index (χ3v) is 3.75. The SMILES string of the molecule is Cc1ncc2c(-c3ccn(C4CCC4)n3)[nH]nc2n1. The number of hydrogen-bond donors (Lipinski definition) is 1. The molecule has 6 heteroatoms. The number of aromatic nitrogens is 6. The molecular weight excluding hydrogens is 240 g/mol. The van der Waals surface area contributed by atoms with E-state index in [1.807, 2.05) is 19.2 Å². The standard InChI is InChI=1S/C13H14N6/c1-8-14-7-10-12(16-17-13(10)15-8)11-5-6-19(18-11)9-3-2-4-9/h5-7,9H,2-4H2,1H3,(H,14,15,16,17). The Morgan fingerprint density at radius 1 is 1.37 bits per heavy atom. The highest BCUT2D eigenvalue weighted by atomic mass is 15.3. The zero-order valence-corrected chi connectivity index (χ0v) is 10.7. The number of aromatic amines is 1. The molecule has 0 bridgehead atoms. The van der Waals surface area contributed by atoms with Crippen LogP contribution >= 0.6 is 0 Å². The molecule has 3 aromatic rings. The summed E-state index contributed by atoms with van der Waals surface area (Å²) in [7, 11) is 0. The van der Waals surface area contributed by atoms with Gasteiger partial charge in [-0.15, -0.1) is 0 Å². The van der Waals surface area contributed by atoms with E-state index in [1.165, 1.54) is 19.3 Å². The molecule has 96 valence electrons. The van der Waals surface area contributed by atoms with Gasteiger partial charge >= 0.3 is 0 Å². The summed E-state index contributed by atoms with van der Waals surface area (Å²) in [6, 6.07) is 2.59. The molecule has 4 rings (SSSR count). The summed E-state index contributed by atoms with van der Waals surface area (Å²) in [5.74, 6) is 0.727. The molecule has 0 aliphatic heterocycles. The molecule has 0 spiro atoms. The predicted molar refractivity (Wildman–Crippen MR) is 70.5 cm³/mol. The highest BCUT2D eigenvalue weighted by Crippen LogP contribution is 2.32. The minimum Gasteiger partial charge on any atom is -0.273 e. The van der Waals surface area contributed by atoms with Gasteiger partial charge in [0, 0.05) is 12.4 Å². The zero-order chi connectivity index (χ0) is 12.8. The van der Waals surface area contributed by atoms with Crippen LogP contribution in [0.4, 0.5) is 0 Å². The Bertz CT molecular complexity index is 737. The fourth-order valence-corrected chi connectivity index (χ4v) is 2.41. The Labute approximate surface area is 109 Å². The van der Waals surface area contributed by atoms with Gasteiger partial charge in [0.15, 0.2) is 5.65 Å². The summed E-state index contributed by atoms with van der Waals surface area (Å²) < 4.78 is 2.06. The largest absolute Gasteiger partial charge is 0.273 e. The van der Waals surface area contributed by atoms with Crippen LogP contribution in [-0.2, 0) is 0 Å². The topological polar surface area (TPSA) is 72.3 Å². The van der Waals surface area contributed by atoms with Crippen molar-refractivity contribution < 1.29 is 0 Å². The second kappa shape index (κ2) is 3.88. The molecule has 6 nitrogen and oxygen atoms in total. The Kier molecular flexibility index (Phi) is 2.18. The van der Waals surface area contributed by atoms with Crippen molar-refractivity contribution in [3.63, 3.8) is 0 Å². The first kappa shape index (κ1) is 10.7. The fourth-order valence-electron chi connectivity index (χ4n) is 2.41. The highest BCUT2D eigenvalue weighted by molar-refractivity contribution is 5.88. The molecule has 1 fully saturated rings. The van der Waals surface area contributed by atoms with Crippen molar-refractivity contribution in [1.82, 2.24) is 29.9 Å². The molecule has 1 aliphatic rings. The molecule has 0 unspecified atom stereocenters. The van der Waals surface area contributed by atoms with Crippen molar-refractivity contribution in [2.24, 2.45) is 0 Å². The number of nitrogens with zero attached hydrogens (tertiary/aromatic N) is 5. The van der Waals surface area contributed by atoms with Crippen LogP contribution in [0.5, 0.6) is 0 Å². The van der Waals surface area contributed by atoms with Crippen LogP contribution < -0.4 is 0 Å². The van der Waals surface area contributed by atoms with E-state index in [0.717, 1.165) is 22.6 Å². The molecule has 0 amide bonds. The van der Waals surface area contributed by atoms with E-state index in [4.69, 9.17) is 0 Å². The summed E-state index contributed by atoms with van der Waals surface area (Å²) in [4.78, 5) is 8.53. The van der Waals surface area contributed by atoms with Gasteiger partial charge in [0.25, 0.3) is 0 Å². The number of H-pyrrole nitrogens is 1. The molecule has 1 N–H and O–H groups in total. The minimum atomic E-state index is 0.571. The summed E-state index contributed by atoms with van der Waals surface area (Å²) >= 11 is 0. The van der Waals surface area contributed by atoms with Crippen molar-refractivity contribution in [3.8, 4) is 11.4 Å². The van der Waals surface area contributed by atoms with Gasteiger partial charge in [-0.05, 0) is 32.3 Å². The van der Waals surface area contributed by atoms with Crippen LogP contribution in [0.2, 0.25) is 0 Å². The highest BCUT2D eigenvalue weighted by Gasteiger charge is 2.21. The molecular formula is C13H14N6. The maximum atomic E-state index is 4.64. The Balaban J connectivity index is 1.78. The van der Waals surface area contributed by atoms with Crippen LogP contribution in [0, 0.1) is 6.92 Å². The van der Waals surface area contributed by atoms with E-state index < -0.39 is 0 Å². The second-order valence-electron chi connectivity index (χ2n) is 5.02. The molecule has 1 aliphatic carbocycles. The van der Waals surface area contributed by atoms with E-state index in [9.17, 15) is 0 Å². The smallest absolute Gasteiger partial charge is 0.184 e. The van der Waals surface area contributed by atoms with E-state index in [1.54, 1.807) is 6.20 Å². The second-order valence-corrected chi connectivity index (χ2v) is 5.02. The molecule has 1 saturated carbocycles. The van der Waals surface area contributed by atoms with Gasteiger partial charge in [0.2, 0.25) is 0 Å². The van der Waals surface area contributed by atoms with Gasteiger partial charge in [-0.25, -0.2) is 9.97 Å². The zero-order valence-electron chi connectivity index (χ0n) is 10.7. The fraction of sp³-hybridized carbons (Fsp3) is 0.385. The lowest BCUT2D eigenvalue weighted by molar-refractivity contribution is 0.290. The van der Waals surface area contributed by atoms with Crippen molar-refractivity contribution in [1.29, 1.82) is 0 Å². The molecule has 0 aromatic carbocycles. The minimum absolute atomic E-state index is 0.571. The van der Waals surface area contributed by atoms with Crippen molar-refractivity contribution in [2.75, 3.05) is 0 Å². The molecule has 19 heavy (non-hydrogen) atoms. The van der Waals surface area contributed by atoms with Gasteiger partial charge in [-0.1, -0.05) is 0 Å². The van der Waals surface area contributed by atoms with E-state index in [-0.39, 0.29) is 0 Å². The van der Waals surface area contributed by atoms with Gasteiger partial charge in [-0.2, -0.15) is 10.2 Å². The Morgan fingerprint density at radius 3 is 3.05 bits per heavy atom. The number of rotatable bonds is 2. The summed E-state index contributed by atoms with van der Waals surface area (Å²) in [6.07, 6.45) is 7.61. The van der Waals surface area contributed by atoms with Crippen molar-refractivity contribution in [2.45, 2.75) is 32.2 Å². The number of aryl methyl sites for hydroxylation is 1. The van der Waals surface area contributed by atoms with Crippen LogP contribution in [0.15, 0.2) is 18.5 Å². The average molecular weight is 254 g/mol. The third kappa shape index (κ3) is 1.63. The molecule has 0 radical (unpaired) electrons. The lowest BCUT2D eigenvalue weighted by atomic mass is 9.93. The molecule has 3 aromatic heterocycles. The lowest BCUT2D eigenvalue weighted by Gasteiger charge is -2.25. The molecule has 0 saturated heterocycles. The van der Waals surface area contributed by atoms with Crippen LogP contribution in [0.3, 0.4) is 0 Å². The predicted octanol–water partition coefficient (Wildman–Crippen LogP) is 2.25. The Morgan fingerprint density at radius 2 is 2.26 bits per heavy atom. The number of nitrogens with one attached hydrogen (secondary N) is 1. The molecule has 0 atom stereocenters. The first-order valence-corrected chi connectivity index (χ1v) is 6.54. The number of fused-ring (bicyclic) bond motifs is 1. The van der Waals surface area contributed by atoms with E-state index in [0.29, 0.717) is 11.7 Å². The van der Waals surface area contributed by atoms with Gasteiger partial charge in [0.1, 0.15) is 11.5 Å². The van der Waals surface area contributed by atoms with Crippen LogP contribution in [0.1, 0.15) is 31.1 Å².